The number of hydrogen-bond donors (Lipinski definition) is 0. The molecule has 576 valence electrons. The van der Waals surface area contributed by atoms with E-state index in [4.69, 9.17) is 41.4 Å². The molecule has 0 aliphatic carbocycles. The van der Waals surface area contributed by atoms with Crippen molar-refractivity contribution in [3.05, 3.63) is 108 Å². The van der Waals surface area contributed by atoms with Gasteiger partial charge in [-0.25, -0.2) is 0 Å². The first-order valence-electron chi connectivity index (χ1n) is 40.1. The molecule has 100 heavy (non-hydrogen) atoms. The van der Waals surface area contributed by atoms with E-state index in [-0.39, 0.29) is 57.0 Å². The molecule has 19 heteroatoms. The smallest absolute Gasteiger partial charge is 0.756 e. The Morgan fingerprint density at radius 1 is 0.220 bits per heavy atom. The van der Waals surface area contributed by atoms with Gasteiger partial charge < -0.3 is 56.0 Å². The van der Waals surface area contributed by atoms with Gasteiger partial charge in [0, 0.05) is 19.8 Å². The molecule has 0 bridgehead atoms. The van der Waals surface area contributed by atoms with E-state index in [9.17, 15) is 28.4 Å². The van der Waals surface area contributed by atoms with E-state index in [1.165, 1.54) is 212 Å². The molecule has 0 saturated heterocycles. The number of rotatable bonds is 72. The minimum atomic E-state index is -4.17. The molecular weight excluding hydrogens is 1330 g/mol. The van der Waals surface area contributed by atoms with Gasteiger partial charge in [0.1, 0.15) is 0 Å². The van der Waals surface area contributed by atoms with Gasteiger partial charge in [0.15, 0.2) is 0 Å². The molecule has 3 atom stereocenters. The van der Waals surface area contributed by atoms with Gasteiger partial charge in [0.25, 0.3) is 23.5 Å². The molecular formula is C81H144AlO15P3. The standard InChI is InChI=1S/3C27H49O5P.Al/c3*1-2-3-4-5-6-7-8-9-10-11-12-13-14-18-24-31-33(28,29)32-25-20-19-23-30-26-27-21-16-15-17-22-27;/h3*15-17,21-22H,2-14,18-20,23-26H2,1H3,(H,28,29);/q;;;+3/p-3. The number of hydrogen-bond acceptors (Lipinski definition) is 15. The third kappa shape index (κ3) is 73.3. The van der Waals surface area contributed by atoms with E-state index in [0.29, 0.717) is 58.9 Å². The Morgan fingerprint density at radius 2 is 0.360 bits per heavy atom. The maximum Gasteiger partial charge on any atom is 3.00 e. The molecule has 0 aromatic heterocycles. The summed E-state index contributed by atoms with van der Waals surface area (Å²) >= 11 is 0. The molecule has 3 aromatic rings. The van der Waals surface area contributed by atoms with Gasteiger partial charge in [-0.15, -0.1) is 0 Å². The molecule has 0 aliphatic heterocycles. The zero-order chi connectivity index (χ0) is 71.6. The quantitative estimate of drug-likeness (QED) is 0.0293. The summed E-state index contributed by atoms with van der Waals surface area (Å²) in [6.07, 6.45) is 57.5. The topological polar surface area (TPSA) is 203 Å². The van der Waals surface area contributed by atoms with E-state index in [0.717, 1.165) is 93.7 Å². The van der Waals surface area contributed by atoms with Crippen LogP contribution in [-0.2, 0) is 74.9 Å². The Kier molecular flexibility index (Phi) is 74.4. The number of phosphoric acid groups is 3. The van der Waals surface area contributed by atoms with Crippen LogP contribution in [0.1, 0.15) is 346 Å². The van der Waals surface area contributed by atoms with Gasteiger partial charge in [-0.1, -0.05) is 362 Å². The molecule has 0 fully saturated rings. The van der Waals surface area contributed by atoms with Crippen molar-refractivity contribution in [2.45, 2.75) is 349 Å². The maximum atomic E-state index is 11.8. The number of phosphoric ester groups is 3. The second-order valence-electron chi connectivity index (χ2n) is 26.9. The van der Waals surface area contributed by atoms with Crippen LogP contribution in [0.3, 0.4) is 0 Å². The van der Waals surface area contributed by atoms with Crippen LogP contribution in [-0.4, -0.2) is 76.8 Å². The molecule has 0 amide bonds. The fourth-order valence-corrected chi connectivity index (χ4v) is 13.6. The number of ether oxygens (including phenoxy) is 3. The monoisotopic (exact) mass is 1480 g/mol. The Morgan fingerprint density at radius 3 is 0.530 bits per heavy atom. The Balaban J connectivity index is 0.00000146. The van der Waals surface area contributed by atoms with E-state index in [2.05, 4.69) is 20.8 Å². The summed E-state index contributed by atoms with van der Waals surface area (Å²) in [5, 5.41) is 0. The second-order valence-corrected chi connectivity index (χ2v) is 31.1. The van der Waals surface area contributed by atoms with E-state index in [1.54, 1.807) is 0 Å². The minimum Gasteiger partial charge on any atom is -0.756 e. The van der Waals surface area contributed by atoms with Gasteiger partial charge in [-0.3, -0.25) is 13.7 Å². The molecule has 3 aromatic carbocycles. The average molecular weight is 1480 g/mol. The summed E-state index contributed by atoms with van der Waals surface area (Å²) in [4.78, 5) is 35.4. The van der Waals surface area contributed by atoms with Crippen LogP contribution in [0.5, 0.6) is 0 Å². The van der Waals surface area contributed by atoms with Crippen LogP contribution in [0.25, 0.3) is 0 Å². The SMILES string of the molecule is CCCCCCCCCCCCCCCCOP(=O)([O-])OCCCCOCc1ccccc1.CCCCCCCCCCCCCCCCOP(=O)([O-])OCCCCOCc1ccccc1.CCCCCCCCCCCCCCCCOP(=O)([O-])OCCCCOCc1ccccc1.[Al+3]. The van der Waals surface area contributed by atoms with Crippen molar-refractivity contribution in [3.8, 4) is 0 Å². The molecule has 0 heterocycles. The molecule has 0 aliphatic rings. The van der Waals surface area contributed by atoms with Gasteiger partial charge in [-0.05, 0) is 74.5 Å². The molecule has 3 rings (SSSR count). The van der Waals surface area contributed by atoms with Gasteiger partial charge >= 0.3 is 17.4 Å². The van der Waals surface area contributed by atoms with Crippen molar-refractivity contribution in [2.24, 2.45) is 0 Å². The first kappa shape index (κ1) is 98.4. The fourth-order valence-electron chi connectivity index (χ4n) is 11.3. The number of benzene rings is 3. The van der Waals surface area contributed by atoms with Crippen molar-refractivity contribution in [3.63, 3.8) is 0 Å². The Bertz CT molecular complexity index is 2000. The number of unbranched alkanes of at least 4 members (excludes halogenated alkanes) is 42. The van der Waals surface area contributed by atoms with Gasteiger partial charge in [-0.2, -0.15) is 0 Å². The van der Waals surface area contributed by atoms with Gasteiger partial charge in [0.05, 0.1) is 59.5 Å². The van der Waals surface area contributed by atoms with E-state index < -0.39 is 23.5 Å². The third-order valence-corrected chi connectivity index (χ3v) is 20.4. The normalized spacial score (nSPS) is 13.1. The molecule has 0 saturated carbocycles. The first-order chi connectivity index (χ1) is 48.4. The summed E-state index contributed by atoms with van der Waals surface area (Å²) in [7, 11) is -12.5. The minimum absolute atomic E-state index is 0. The molecule has 0 N–H and O–H groups in total. The fraction of sp³-hybridized carbons (Fsp3) is 0.778. The second kappa shape index (κ2) is 75.6. The van der Waals surface area contributed by atoms with Crippen molar-refractivity contribution >= 4 is 40.8 Å². The van der Waals surface area contributed by atoms with Crippen LogP contribution in [0.15, 0.2) is 91.0 Å². The van der Waals surface area contributed by atoms with Crippen LogP contribution < -0.4 is 14.7 Å². The summed E-state index contributed by atoms with van der Waals surface area (Å²) in [6.45, 7) is 11.4. The summed E-state index contributed by atoms with van der Waals surface area (Å²) in [6, 6.07) is 29.9. The summed E-state index contributed by atoms with van der Waals surface area (Å²) in [5.41, 5.74) is 3.40. The largest absolute Gasteiger partial charge is 3.00 e. The van der Waals surface area contributed by atoms with Gasteiger partial charge in [0.2, 0.25) is 0 Å². The zero-order valence-corrected chi connectivity index (χ0v) is 67.5. The Labute approximate surface area is 622 Å². The van der Waals surface area contributed by atoms with Crippen LogP contribution in [0, 0.1) is 0 Å². The summed E-state index contributed by atoms with van der Waals surface area (Å²) in [5.74, 6) is 0. The Hall–Kier alpha value is -1.60. The van der Waals surface area contributed by atoms with Crippen LogP contribution in [0.2, 0.25) is 0 Å². The van der Waals surface area contributed by atoms with E-state index in [1.807, 2.05) is 91.0 Å². The maximum absolute atomic E-state index is 11.8. The van der Waals surface area contributed by atoms with E-state index >= 15 is 0 Å². The van der Waals surface area contributed by atoms with Crippen molar-refractivity contribution in [2.75, 3.05) is 59.5 Å². The summed E-state index contributed by atoms with van der Waals surface area (Å²) < 4.78 is 81.8. The third-order valence-electron chi connectivity index (χ3n) is 17.4. The van der Waals surface area contributed by atoms with Crippen LogP contribution >= 0.6 is 23.5 Å². The van der Waals surface area contributed by atoms with Crippen molar-refractivity contribution in [1.82, 2.24) is 0 Å². The zero-order valence-electron chi connectivity index (χ0n) is 63.6. The average Bonchev–Trinajstić information content (AvgIpc) is 2.25. The predicted octanol–water partition coefficient (Wildman–Crippen LogP) is 23.5. The van der Waals surface area contributed by atoms with Crippen LogP contribution in [0.4, 0.5) is 0 Å². The van der Waals surface area contributed by atoms with Crippen molar-refractivity contribution < 1.29 is 69.7 Å². The van der Waals surface area contributed by atoms with Crippen molar-refractivity contribution in [1.29, 1.82) is 0 Å². The predicted molar refractivity (Wildman–Crippen MR) is 411 cm³/mol. The molecule has 0 spiro atoms. The molecule has 15 nitrogen and oxygen atoms in total. The first-order valence-corrected chi connectivity index (χ1v) is 44.5. The molecule has 3 unspecified atom stereocenters. The molecule has 0 radical (unpaired) electrons.